The van der Waals surface area contributed by atoms with Crippen LogP contribution in [0.3, 0.4) is 0 Å². The molecule has 1 aromatic rings. The third-order valence-corrected chi connectivity index (χ3v) is 2.79. The smallest absolute Gasteiger partial charge is 0.249 e. The fourth-order valence-electron chi connectivity index (χ4n) is 1.71. The molecule has 5 heteroatoms. The molecule has 20 heavy (non-hydrogen) atoms. The van der Waals surface area contributed by atoms with Crippen molar-refractivity contribution in [2.75, 3.05) is 25.6 Å². The summed E-state index contributed by atoms with van der Waals surface area (Å²) in [6, 6.07) is 3.83. The van der Waals surface area contributed by atoms with Crippen LogP contribution < -0.4 is 10.2 Å². The molecule has 1 amide bonds. The maximum absolute atomic E-state index is 11.9. The molecule has 1 N–H and O–H groups in total. The maximum atomic E-state index is 11.9. The van der Waals surface area contributed by atoms with Gasteiger partial charge < -0.3 is 15.0 Å². The Kier molecular flexibility index (Phi) is 6.45. The second-order valence-corrected chi connectivity index (χ2v) is 5.47. The van der Waals surface area contributed by atoms with Crippen molar-refractivity contribution in [2.24, 2.45) is 5.92 Å². The average molecular weight is 279 g/mol. The Bertz CT molecular complexity index is 433. The number of ether oxygens (including phenoxy) is 1. The second-order valence-electron chi connectivity index (χ2n) is 5.47. The Balaban J connectivity index is 2.52. The average Bonchev–Trinajstić information content (AvgIpc) is 2.42. The van der Waals surface area contributed by atoms with Gasteiger partial charge in [-0.3, -0.25) is 4.79 Å². The number of hydrogen-bond acceptors (Lipinski definition) is 4. The minimum absolute atomic E-state index is 0.0980. The van der Waals surface area contributed by atoms with Crippen LogP contribution in [0.4, 0.5) is 5.82 Å². The van der Waals surface area contributed by atoms with Gasteiger partial charge in [0.05, 0.1) is 0 Å². The first-order valence-corrected chi connectivity index (χ1v) is 6.92. The lowest BCUT2D eigenvalue weighted by Gasteiger charge is -2.18. The number of nitrogens with zero attached hydrogens (tertiary/aromatic N) is 2. The number of nitrogens with one attached hydrogen (secondary N) is 1. The summed E-state index contributed by atoms with van der Waals surface area (Å²) in [7, 11) is 3.87. The molecule has 1 atom stereocenters. The van der Waals surface area contributed by atoms with E-state index in [0.29, 0.717) is 19.1 Å². The SMILES string of the molecule is CC(C)CO[C@@H](C)C(=O)NCc1cccnc1N(C)C. The van der Waals surface area contributed by atoms with Gasteiger partial charge in [-0.05, 0) is 18.9 Å². The monoisotopic (exact) mass is 279 g/mol. The number of pyridine rings is 1. The van der Waals surface area contributed by atoms with E-state index in [-0.39, 0.29) is 5.91 Å². The van der Waals surface area contributed by atoms with Gasteiger partial charge in [-0.25, -0.2) is 4.98 Å². The predicted octanol–water partition coefficient (Wildman–Crippen LogP) is 1.82. The molecule has 0 aliphatic carbocycles. The standard InChI is InChI=1S/C15H25N3O2/c1-11(2)10-20-12(3)15(19)17-9-13-7-6-8-16-14(13)18(4)5/h6-8,11-12H,9-10H2,1-5H3,(H,17,19)/t12-/m0/s1. The molecule has 5 nitrogen and oxygen atoms in total. The van der Waals surface area contributed by atoms with E-state index in [4.69, 9.17) is 4.74 Å². The molecule has 0 bridgehead atoms. The number of anilines is 1. The molecule has 0 saturated carbocycles. The van der Waals surface area contributed by atoms with Gasteiger partial charge in [-0.2, -0.15) is 0 Å². The van der Waals surface area contributed by atoms with E-state index in [1.165, 1.54) is 0 Å². The first kappa shape index (κ1) is 16.4. The van der Waals surface area contributed by atoms with Gasteiger partial charge in [-0.1, -0.05) is 19.9 Å². The fourth-order valence-corrected chi connectivity index (χ4v) is 1.71. The summed E-state index contributed by atoms with van der Waals surface area (Å²) in [6.45, 7) is 6.93. The Hall–Kier alpha value is -1.62. The van der Waals surface area contributed by atoms with Crippen molar-refractivity contribution >= 4 is 11.7 Å². The highest BCUT2D eigenvalue weighted by atomic mass is 16.5. The van der Waals surface area contributed by atoms with Crippen LogP contribution >= 0.6 is 0 Å². The molecular weight excluding hydrogens is 254 g/mol. The van der Waals surface area contributed by atoms with Crippen LogP contribution in [-0.2, 0) is 16.1 Å². The summed E-state index contributed by atoms with van der Waals surface area (Å²) >= 11 is 0. The molecule has 112 valence electrons. The zero-order valence-electron chi connectivity index (χ0n) is 13.0. The van der Waals surface area contributed by atoms with Crippen molar-refractivity contribution in [2.45, 2.75) is 33.4 Å². The minimum atomic E-state index is -0.433. The van der Waals surface area contributed by atoms with Crippen molar-refractivity contribution in [3.63, 3.8) is 0 Å². The molecule has 1 aromatic heterocycles. The lowest BCUT2D eigenvalue weighted by molar-refractivity contribution is -0.132. The lowest BCUT2D eigenvalue weighted by Crippen LogP contribution is -2.35. The van der Waals surface area contributed by atoms with Gasteiger partial charge in [0.1, 0.15) is 11.9 Å². The molecule has 0 unspecified atom stereocenters. The first-order chi connectivity index (χ1) is 9.41. The predicted molar refractivity (Wildman–Crippen MR) is 80.7 cm³/mol. The van der Waals surface area contributed by atoms with Gasteiger partial charge in [0.25, 0.3) is 0 Å². The normalized spacial score (nSPS) is 12.3. The number of carbonyl (C=O) groups is 1. The Labute approximate surface area is 121 Å². The summed E-state index contributed by atoms with van der Waals surface area (Å²) in [5.74, 6) is 1.19. The van der Waals surface area contributed by atoms with E-state index in [2.05, 4.69) is 24.1 Å². The molecule has 0 aliphatic rings. The van der Waals surface area contributed by atoms with Crippen molar-refractivity contribution in [3.05, 3.63) is 23.9 Å². The summed E-state index contributed by atoms with van der Waals surface area (Å²) in [4.78, 5) is 18.2. The van der Waals surface area contributed by atoms with Gasteiger partial charge in [0.2, 0.25) is 5.91 Å². The number of rotatable bonds is 7. The zero-order chi connectivity index (χ0) is 15.1. The Morgan fingerprint density at radius 2 is 2.10 bits per heavy atom. The Morgan fingerprint density at radius 1 is 1.40 bits per heavy atom. The second kappa shape index (κ2) is 7.85. The number of amides is 1. The van der Waals surface area contributed by atoms with Gasteiger partial charge in [0.15, 0.2) is 0 Å². The van der Waals surface area contributed by atoms with Crippen molar-refractivity contribution in [3.8, 4) is 0 Å². The molecule has 0 saturated heterocycles. The molecule has 1 rings (SSSR count). The molecule has 0 radical (unpaired) electrons. The summed E-state index contributed by atoms with van der Waals surface area (Å²) in [5, 5.41) is 2.89. The number of aromatic nitrogens is 1. The number of carbonyl (C=O) groups excluding carboxylic acids is 1. The van der Waals surface area contributed by atoms with E-state index in [0.717, 1.165) is 11.4 Å². The van der Waals surface area contributed by atoms with Crippen molar-refractivity contribution in [1.82, 2.24) is 10.3 Å². The van der Waals surface area contributed by atoms with E-state index in [1.54, 1.807) is 13.1 Å². The lowest BCUT2D eigenvalue weighted by atomic mass is 10.2. The highest BCUT2D eigenvalue weighted by molar-refractivity contribution is 5.80. The first-order valence-electron chi connectivity index (χ1n) is 6.92. The van der Waals surface area contributed by atoms with Crippen LogP contribution in [0.2, 0.25) is 0 Å². The maximum Gasteiger partial charge on any atom is 0.249 e. The van der Waals surface area contributed by atoms with Crippen LogP contribution in [0, 0.1) is 5.92 Å². The third kappa shape index (κ3) is 5.17. The van der Waals surface area contributed by atoms with Crippen molar-refractivity contribution in [1.29, 1.82) is 0 Å². The minimum Gasteiger partial charge on any atom is -0.368 e. The fraction of sp³-hybridized carbons (Fsp3) is 0.600. The van der Waals surface area contributed by atoms with Gasteiger partial charge >= 0.3 is 0 Å². The van der Waals surface area contributed by atoms with Crippen LogP contribution in [0.25, 0.3) is 0 Å². The van der Waals surface area contributed by atoms with Gasteiger partial charge in [-0.15, -0.1) is 0 Å². The quantitative estimate of drug-likeness (QED) is 0.827. The van der Waals surface area contributed by atoms with E-state index >= 15 is 0 Å². The van der Waals surface area contributed by atoms with Crippen LogP contribution in [-0.4, -0.2) is 37.7 Å². The molecule has 0 spiro atoms. The van der Waals surface area contributed by atoms with Gasteiger partial charge in [0, 0.05) is 39.0 Å². The van der Waals surface area contributed by atoms with Crippen LogP contribution in [0.1, 0.15) is 26.3 Å². The summed E-state index contributed by atoms with van der Waals surface area (Å²) < 4.78 is 5.49. The molecule has 0 fully saturated rings. The van der Waals surface area contributed by atoms with Crippen LogP contribution in [0.15, 0.2) is 18.3 Å². The molecule has 1 heterocycles. The summed E-state index contributed by atoms with van der Waals surface area (Å²) in [6.07, 6.45) is 1.31. The molecule has 0 aromatic carbocycles. The van der Waals surface area contributed by atoms with E-state index in [1.807, 2.05) is 31.1 Å². The largest absolute Gasteiger partial charge is 0.368 e. The van der Waals surface area contributed by atoms with E-state index in [9.17, 15) is 4.79 Å². The topological polar surface area (TPSA) is 54.5 Å². The van der Waals surface area contributed by atoms with Crippen molar-refractivity contribution < 1.29 is 9.53 Å². The zero-order valence-corrected chi connectivity index (χ0v) is 13.0. The third-order valence-electron chi connectivity index (χ3n) is 2.79. The number of hydrogen-bond donors (Lipinski definition) is 1. The highest BCUT2D eigenvalue weighted by Crippen LogP contribution is 2.13. The Morgan fingerprint density at radius 3 is 2.70 bits per heavy atom. The highest BCUT2D eigenvalue weighted by Gasteiger charge is 2.14. The molecular formula is C15H25N3O2. The summed E-state index contributed by atoms with van der Waals surface area (Å²) in [5.41, 5.74) is 0.988. The molecule has 0 aliphatic heterocycles. The van der Waals surface area contributed by atoms with E-state index < -0.39 is 6.10 Å². The van der Waals surface area contributed by atoms with Crippen LogP contribution in [0.5, 0.6) is 0 Å².